The quantitative estimate of drug-likeness (QED) is 0.844. The van der Waals surface area contributed by atoms with Crippen LogP contribution in [0.5, 0.6) is 5.88 Å². The van der Waals surface area contributed by atoms with Crippen molar-refractivity contribution >= 4 is 0 Å². The summed E-state index contributed by atoms with van der Waals surface area (Å²) in [5, 5.41) is 0. The van der Waals surface area contributed by atoms with Gasteiger partial charge in [-0.25, -0.2) is 14.4 Å². The Morgan fingerprint density at radius 2 is 2.13 bits per heavy atom. The van der Waals surface area contributed by atoms with Crippen LogP contribution in [-0.2, 0) is 0 Å². The second kappa shape index (κ2) is 5.62. The Morgan fingerprint density at radius 3 is 2.91 bits per heavy atom. The number of aromatic nitrogens is 3. The highest BCUT2D eigenvalue weighted by Gasteiger charge is 2.35. The van der Waals surface area contributed by atoms with Crippen molar-refractivity contribution in [2.45, 2.75) is 56.7 Å². The van der Waals surface area contributed by atoms with Crippen LogP contribution >= 0.6 is 0 Å². The van der Waals surface area contributed by atoms with Crippen molar-refractivity contribution in [3.63, 3.8) is 0 Å². The van der Waals surface area contributed by atoms with Crippen molar-refractivity contribution in [2.75, 3.05) is 7.11 Å². The molecule has 2 aromatic heterocycles. The van der Waals surface area contributed by atoms with Crippen LogP contribution in [-0.4, -0.2) is 27.3 Å². The van der Waals surface area contributed by atoms with Crippen LogP contribution in [0.15, 0.2) is 24.8 Å². The first-order chi connectivity index (χ1) is 11.2. The van der Waals surface area contributed by atoms with Crippen LogP contribution in [0.4, 0.5) is 4.39 Å². The average molecular weight is 315 g/mol. The molecule has 1 saturated carbocycles. The number of halogens is 1. The summed E-state index contributed by atoms with van der Waals surface area (Å²) in [5.74, 6) is 0.611. The lowest BCUT2D eigenvalue weighted by Crippen LogP contribution is -2.27. The number of ether oxygens (including phenoxy) is 1. The third kappa shape index (κ3) is 2.52. The van der Waals surface area contributed by atoms with E-state index in [-0.39, 0.29) is 6.04 Å². The molecule has 4 nitrogen and oxygen atoms in total. The first-order valence-electron chi connectivity index (χ1n) is 8.45. The molecular formula is C18H22FN3O. The van der Waals surface area contributed by atoms with Crippen molar-refractivity contribution in [3.8, 4) is 17.1 Å². The topological polar surface area (TPSA) is 39.9 Å². The molecule has 5 heteroatoms. The first kappa shape index (κ1) is 14.7. The molecule has 1 aliphatic carbocycles. The van der Waals surface area contributed by atoms with E-state index < -0.39 is 5.67 Å². The molecule has 1 aliphatic heterocycles. The van der Waals surface area contributed by atoms with Gasteiger partial charge in [0.2, 0.25) is 5.88 Å². The van der Waals surface area contributed by atoms with E-state index in [0.29, 0.717) is 25.1 Å². The SMILES string of the molecule is COc1cc2c(cn1)-c1cncn1C2CCC1(F)CCCCC1. The maximum absolute atomic E-state index is 15.0. The Labute approximate surface area is 135 Å². The zero-order valence-electron chi connectivity index (χ0n) is 13.5. The molecular weight excluding hydrogens is 293 g/mol. The maximum Gasteiger partial charge on any atom is 0.213 e. The second-order valence-corrected chi connectivity index (χ2v) is 6.77. The van der Waals surface area contributed by atoms with Gasteiger partial charge >= 0.3 is 0 Å². The minimum absolute atomic E-state index is 0.133. The molecule has 1 fully saturated rings. The van der Waals surface area contributed by atoms with Crippen molar-refractivity contribution in [3.05, 3.63) is 30.4 Å². The lowest BCUT2D eigenvalue weighted by molar-refractivity contribution is 0.0903. The third-order valence-corrected chi connectivity index (χ3v) is 5.37. The minimum Gasteiger partial charge on any atom is -0.481 e. The molecule has 23 heavy (non-hydrogen) atoms. The van der Waals surface area contributed by atoms with Gasteiger partial charge in [-0.15, -0.1) is 0 Å². The summed E-state index contributed by atoms with van der Waals surface area (Å²) in [6.07, 6.45) is 11.6. The Morgan fingerprint density at radius 1 is 1.30 bits per heavy atom. The molecule has 0 saturated heterocycles. The predicted molar refractivity (Wildman–Crippen MR) is 86.3 cm³/mol. The average Bonchev–Trinajstić information content (AvgIpc) is 3.14. The zero-order chi connectivity index (χ0) is 15.9. The van der Waals surface area contributed by atoms with E-state index in [1.807, 2.05) is 24.8 Å². The standard InChI is InChI=1S/C18H22FN3O/c1-23-17-9-13-14(10-21-17)16-11-20-12-22(16)15(13)5-8-18(19)6-3-2-4-7-18/h9-12,15H,2-8H2,1H3. The molecule has 0 amide bonds. The van der Waals surface area contributed by atoms with Gasteiger partial charge in [0.15, 0.2) is 0 Å². The van der Waals surface area contributed by atoms with Gasteiger partial charge in [-0.2, -0.15) is 0 Å². The monoisotopic (exact) mass is 315 g/mol. The highest BCUT2D eigenvalue weighted by Crippen LogP contribution is 2.45. The normalized spacial score (nSPS) is 21.7. The lowest BCUT2D eigenvalue weighted by atomic mass is 9.82. The van der Waals surface area contributed by atoms with Gasteiger partial charge in [-0.3, -0.25) is 0 Å². The molecule has 122 valence electrons. The van der Waals surface area contributed by atoms with Crippen LogP contribution in [0.1, 0.15) is 56.6 Å². The van der Waals surface area contributed by atoms with E-state index in [9.17, 15) is 4.39 Å². The molecule has 0 bridgehead atoms. The number of pyridine rings is 1. The number of alkyl halides is 1. The number of hydrogen-bond acceptors (Lipinski definition) is 3. The summed E-state index contributed by atoms with van der Waals surface area (Å²) in [7, 11) is 1.62. The summed E-state index contributed by atoms with van der Waals surface area (Å²) in [6, 6.07) is 2.12. The van der Waals surface area contributed by atoms with Crippen LogP contribution in [0.3, 0.4) is 0 Å². The maximum atomic E-state index is 15.0. The van der Waals surface area contributed by atoms with Gasteiger partial charge in [0.1, 0.15) is 5.67 Å². The Bertz CT molecular complexity index is 706. The van der Waals surface area contributed by atoms with Gasteiger partial charge in [-0.05, 0) is 31.2 Å². The Kier molecular flexibility index (Phi) is 3.58. The van der Waals surface area contributed by atoms with Crippen LogP contribution in [0.2, 0.25) is 0 Å². The fourth-order valence-corrected chi connectivity index (χ4v) is 4.09. The summed E-state index contributed by atoms with van der Waals surface area (Å²) in [6.45, 7) is 0. The van der Waals surface area contributed by atoms with Crippen molar-refractivity contribution in [2.24, 2.45) is 0 Å². The number of hydrogen-bond donors (Lipinski definition) is 0. The van der Waals surface area contributed by atoms with E-state index in [1.165, 1.54) is 12.0 Å². The molecule has 0 radical (unpaired) electrons. The second-order valence-electron chi connectivity index (χ2n) is 6.77. The molecule has 0 aromatic carbocycles. The highest BCUT2D eigenvalue weighted by molar-refractivity contribution is 5.68. The first-order valence-corrected chi connectivity index (χ1v) is 8.45. The minimum atomic E-state index is -0.987. The van der Waals surface area contributed by atoms with Gasteiger partial charge in [0, 0.05) is 17.8 Å². The number of imidazole rings is 1. The smallest absolute Gasteiger partial charge is 0.213 e. The Hall–Kier alpha value is -1.91. The van der Waals surface area contributed by atoms with Crippen LogP contribution in [0, 0.1) is 0 Å². The lowest BCUT2D eigenvalue weighted by Gasteiger charge is -2.30. The van der Waals surface area contributed by atoms with Crippen molar-refractivity contribution in [1.82, 2.24) is 14.5 Å². The number of methoxy groups -OCH3 is 1. The summed E-state index contributed by atoms with van der Waals surface area (Å²) >= 11 is 0. The van der Waals surface area contributed by atoms with E-state index in [4.69, 9.17) is 4.74 Å². The Balaban J connectivity index is 1.61. The molecule has 2 aromatic rings. The summed E-state index contributed by atoms with van der Waals surface area (Å²) < 4.78 is 22.4. The molecule has 1 atom stereocenters. The summed E-state index contributed by atoms with van der Waals surface area (Å²) in [4.78, 5) is 8.57. The van der Waals surface area contributed by atoms with Gasteiger partial charge < -0.3 is 9.30 Å². The van der Waals surface area contributed by atoms with E-state index in [0.717, 1.165) is 30.5 Å². The molecule has 0 N–H and O–H groups in total. The largest absolute Gasteiger partial charge is 0.481 e. The number of fused-ring (bicyclic) bond motifs is 3. The van der Waals surface area contributed by atoms with E-state index in [1.54, 1.807) is 7.11 Å². The molecule has 2 aliphatic rings. The molecule has 4 rings (SSSR count). The fraction of sp³-hybridized carbons (Fsp3) is 0.556. The van der Waals surface area contributed by atoms with Crippen molar-refractivity contribution in [1.29, 1.82) is 0 Å². The number of nitrogens with zero attached hydrogens (tertiary/aromatic N) is 3. The van der Waals surface area contributed by atoms with E-state index >= 15 is 0 Å². The molecule has 3 heterocycles. The van der Waals surface area contributed by atoms with Crippen molar-refractivity contribution < 1.29 is 9.13 Å². The predicted octanol–water partition coefficient (Wildman–Crippen LogP) is 4.31. The number of rotatable bonds is 4. The van der Waals surface area contributed by atoms with Gasteiger partial charge in [-0.1, -0.05) is 19.3 Å². The van der Waals surface area contributed by atoms with Gasteiger partial charge in [0.05, 0.1) is 31.4 Å². The fourth-order valence-electron chi connectivity index (χ4n) is 4.09. The zero-order valence-corrected chi connectivity index (χ0v) is 13.5. The van der Waals surface area contributed by atoms with E-state index in [2.05, 4.69) is 14.5 Å². The molecule has 0 spiro atoms. The molecule has 1 unspecified atom stereocenters. The highest BCUT2D eigenvalue weighted by atomic mass is 19.1. The van der Waals surface area contributed by atoms with Crippen LogP contribution < -0.4 is 4.74 Å². The third-order valence-electron chi connectivity index (χ3n) is 5.37. The van der Waals surface area contributed by atoms with Gasteiger partial charge in [0.25, 0.3) is 0 Å². The van der Waals surface area contributed by atoms with Crippen LogP contribution in [0.25, 0.3) is 11.3 Å². The summed E-state index contributed by atoms with van der Waals surface area (Å²) in [5.41, 5.74) is 2.34.